The summed E-state index contributed by atoms with van der Waals surface area (Å²) < 4.78 is 25.9. The van der Waals surface area contributed by atoms with Gasteiger partial charge < -0.3 is 5.32 Å². The van der Waals surface area contributed by atoms with Crippen LogP contribution in [0.5, 0.6) is 0 Å². The van der Waals surface area contributed by atoms with Gasteiger partial charge in [-0.3, -0.25) is 0 Å². The van der Waals surface area contributed by atoms with Gasteiger partial charge in [-0.2, -0.15) is 0 Å². The molecule has 1 N–H and O–H groups in total. The largest absolute Gasteiger partial charge is 0.338 e. The Morgan fingerprint density at radius 1 is 1.12 bits per heavy atom. The number of halogens is 3. The van der Waals surface area contributed by atoms with Crippen molar-refractivity contribution in [2.75, 3.05) is 5.32 Å². The van der Waals surface area contributed by atoms with Gasteiger partial charge in [-0.05, 0) is 12.1 Å². The van der Waals surface area contributed by atoms with Gasteiger partial charge in [0.15, 0.2) is 0 Å². The minimum Gasteiger partial charge on any atom is -0.338 e. The number of nitrogens with zero attached hydrogens (tertiary/aromatic N) is 2. The SMILES string of the molecule is Fc1ccc(Nc2cc(Cl)ncn2)c(F)c1. The molecule has 1 heterocycles. The lowest BCUT2D eigenvalue weighted by molar-refractivity contribution is 0.586. The summed E-state index contributed by atoms with van der Waals surface area (Å²) in [6, 6.07) is 4.64. The predicted octanol–water partition coefficient (Wildman–Crippen LogP) is 3.15. The molecule has 0 aliphatic carbocycles. The van der Waals surface area contributed by atoms with E-state index in [0.717, 1.165) is 12.1 Å². The molecule has 1 aromatic carbocycles. The molecular formula is C10H6ClF2N3. The maximum atomic E-state index is 13.3. The fraction of sp³-hybridized carbons (Fsp3) is 0. The zero-order valence-electron chi connectivity index (χ0n) is 7.92. The van der Waals surface area contributed by atoms with Crippen LogP contribution < -0.4 is 5.32 Å². The van der Waals surface area contributed by atoms with E-state index >= 15 is 0 Å². The molecule has 3 nitrogen and oxygen atoms in total. The highest BCUT2D eigenvalue weighted by Crippen LogP contribution is 2.20. The van der Waals surface area contributed by atoms with Crippen LogP contribution >= 0.6 is 11.6 Å². The minimum absolute atomic E-state index is 0.121. The van der Waals surface area contributed by atoms with Crippen LogP contribution in [0.3, 0.4) is 0 Å². The monoisotopic (exact) mass is 241 g/mol. The summed E-state index contributed by atoms with van der Waals surface area (Å²) in [6.45, 7) is 0. The fourth-order valence-corrected chi connectivity index (χ4v) is 1.28. The van der Waals surface area contributed by atoms with E-state index in [1.165, 1.54) is 18.5 Å². The topological polar surface area (TPSA) is 37.8 Å². The molecule has 1 aromatic heterocycles. The van der Waals surface area contributed by atoms with Crippen LogP contribution in [0.25, 0.3) is 0 Å². The number of anilines is 2. The molecule has 2 aromatic rings. The fourth-order valence-electron chi connectivity index (χ4n) is 1.13. The maximum Gasteiger partial charge on any atom is 0.149 e. The van der Waals surface area contributed by atoms with Crippen molar-refractivity contribution in [3.05, 3.63) is 47.4 Å². The van der Waals surface area contributed by atoms with E-state index in [2.05, 4.69) is 15.3 Å². The van der Waals surface area contributed by atoms with Gasteiger partial charge in [-0.15, -0.1) is 0 Å². The summed E-state index contributed by atoms with van der Waals surface area (Å²) in [5.74, 6) is -0.996. The Labute approximate surface area is 95.1 Å². The summed E-state index contributed by atoms with van der Waals surface area (Å²) in [5.41, 5.74) is 0.121. The van der Waals surface area contributed by atoms with E-state index < -0.39 is 11.6 Å². The molecule has 16 heavy (non-hydrogen) atoms. The molecule has 0 bridgehead atoms. The average Bonchev–Trinajstić information content (AvgIpc) is 2.22. The molecule has 0 aliphatic heterocycles. The van der Waals surface area contributed by atoms with Crippen LogP contribution in [-0.2, 0) is 0 Å². The van der Waals surface area contributed by atoms with Crippen molar-refractivity contribution in [1.29, 1.82) is 0 Å². The zero-order valence-corrected chi connectivity index (χ0v) is 8.67. The summed E-state index contributed by atoms with van der Waals surface area (Å²) in [6.07, 6.45) is 1.24. The van der Waals surface area contributed by atoms with E-state index in [1.807, 2.05) is 0 Å². The molecular weight excluding hydrogens is 236 g/mol. The number of aromatic nitrogens is 2. The first-order chi connectivity index (χ1) is 7.65. The third kappa shape index (κ3) is 2.43. The summed E-state index contributed by atoms with van der Waals surface area (Å²) >= 11 is 5.63. The summed E-state index contributed by atoms with van der Waals surface area (Å²) in [7, 11) is 0. The first-order valence-corrected chi connectivity index (χ1v) is 4.72. The number of rotatable bonds is 2. The second-order valence-electron chi connectivity index (χ2n) is 2.98. The van der Waals surface area contributed by atoms with Crippen LogP contribution in [0, 0.1) is 11.6 Å². The Morgan fingerprint density at radius 2 is 1.94 bits per heavy atom. The number of benzene rings is 1. The Bertz CT molecular complexity index is 519. The Morgan fingerprint density at radius 3 is 2.62 bits per heavy atom. The molecule has 2 rings (SSSR count). The van der Waals surface area contributed by atoms with Gasteiger partial charge in [0, 0.05) is 12.1 Å². The normalized spacial score (nSPS) is 10.2. The minimum atomic E-state index is -0.699. The molecule has 0 fully saturated rings. The molecule has 0 saturated heterocycles. The molecule has 0 unspecified atom stereocenters. The molecule has 0 saturated carbocycles. The van der Waals surface area contributed by atoms with Gasteiger partial charge in [0.25, 0.3) is 0 Å². The third-order valence-corrected chi connectivity index (χ3v) is 2.03. The van der Waals surface area contributed by atoms with E-state index in [1.54, 1.807) is 0 Å². The van der Waals surface area contributed by atoms with Crippen LogP contribution in [0.2, 0.25) is 5.15 Å². The summed E-state index contributed by atoms with van der Waals surface area (Å²) in [4.78, 5) is 7.51. The summed E-state index contributed by atoms with van der Waals surface area (Å²) in [5, 5.41) is 2.90. The standard InChI is InChI=1S/C10H6ClF2N3/c11-9-4-10(15-5-14-9)16-8-2-1-6(12)3-7(8)13/h1-5H,(H,14,15,16). The number of hydrogen-bond donors (Lipinski definition) is 1. The smallest absolute Gasteiger partial charge is 0.149 e. The zero-order chi connectivity index (χ0) is 11.5. The molecule has 0 atom stereocenters. The van der Waals surface area contributed by atoms with Crippen molar-refractivity contribution in [1.82, 2.24) is 9.97 Å². The van der Waals surface area contributed by atoms with Gasteiger partial charge in [-0.1, -0.05) is 11.6 Å². The first-order valence-electron chi connectivity index (χ1n) is 4.35. The Balaban J connectivity index is 2.27. The van der Waals surface area contributed by atoms with Gasteiger partial charge >= 0.3 is 0 Å². The van der Waals surface area contributed by atoms with Crippen LogP contribution in [-0.4, -0.2) is 9.97 Å². The lowest BCUT2D eigenvalue weighted by Crippen LogP contribution is -1.97. The molecule has 0 amide bonds. The highest BCUT2D eigenvalue weighted by atomic mass is 35.5. The maximum absolute atomic E-state index is 13.3. The number of nitrogens with one attached hydrogen (secondary N) is 1. The number of hydrogen-bond acceptors (Lipinski definition) is 3. The second-order valence-corrected chi connectivity index (χ2v) is 3.36. The van der Waals surface area contributed by atoms with Crippen molar-refractivity contribution < 1.29 is 8.78 Å². The highest BCUT2D eigenvalue weighted by molar-refractivity contribution is 6.29. The van der Waals surface area contributed by atoms with Crippen molar-refractivity contribution in [2.24, 2.45) is 0 Å². The van der Waals surface area contributed by atoms with E-state index in [9.17, 15) is 8.78 Å². The highest BCUT2D eigenvalue weighted by Gasteiger charge is 2.04. The lowest BCUT2D eigenvalue weighted by Gasteiger charge is -2.06. The second kappa shape index (κ2) is 4.40. The van der Waals surface area contributed by atoms with E-state index in [0.29, 0.717) is 5.82 Å². The van der Waals surface area contributed by atoms with Crippen LogP contribution in [0.1, 0.15) is 0 Å². The van der Waals surface area contributed by atoms with E-state index in [4.69, 9.17) is 11.6 Å². The molecule has 6 heteroatoms. The predicted molar refractivity (Wildman–Crippen MR) is 56.7 cm³/mol. The first kappa shape index (κ1) is 10.8. The lowest BCUT2D eigenvalue weighted by atomic mass is 10.3. The van der Waals surface area contributed by atoms with Gasteiger partial charge in [0.2, 0.25) is 0 Å². The van der Waals surface area contributed by atoms with Crippen molar-refractivity contribution in [2.45, 2.75) is 0 Å². The quantitative estimate of drug-likeness (QED) is 0.821. The van der Waals surface area contributed by atoms with Gasteiger partial charge in [0.1, 0.15) is 28.9 Å². The van der Waals surface area contributed by atoms with Crippen molar-refractivity contribution in [3.8, 4) is 0 Å². The average molecular weight is 242 g/mol. The third-order valence-electron chi connectivity index (χ3n) is 1.83. The van der Waals surface area contributed by atoms with Crippen molar-refractivity contribution >= 4 is 23.1 Å². The van der Waals surface area contributed by atoms with Gasteiger partial charge in [-0.25, -0.2) is 18.7 Å². The Hall–Kier alpha value is -1.75. The molecule has 0 spiro atoms. The molecule has 0 aliphatic rings. The molecule has 0 radical (unpaired) electrons. The van der Waals surface area contributed by atoms with Crippen LogP contribution in [0.15, 0.2) is 30.6 Å². The van der Waals surface area contributed by atoms with Crippen LogP contribution in [0.4, 0.5) is 20.3 Å². The van der Waals surface area contributed by atoms with E-state index in [-0.39, 0.29) is 10.8 Å². The Kier molecular flexibility index (Phi) is 2.96. The van der Waals surface area contributed by atoms with Gasteiger partial charge in [0.05, 0.1) is 5.69 Å². The van der Waals surface area contributed by atoms with Crippen molar-refractivity contribution in [3.63, 3.8) is 0 Å². The molecule has 82 valence electrons.